The average Bonchev–Trinajstić information content (AvgIpc) is 2.41. The van der Waals surface area contributed by atoms with Gasteiger partial charge in [0.05, 0.1) is 16.4 Å². The Kier molecular flexibility index (Phi) is 4.74. The third-order valence-corrected chi connectivity index (χ3v) is 6.62. The Morgan fingerprint density at radius 3 is 2.10 bits per heavy atom. The molecule has 1 aromatic rings. The topological polar surface area (TPSA) is 121 Å². The lowest BCUT2D eigenvalue weighted by Crippen LogP contribution is -2.40. The van der Waals surface area contributed by atoms with Gasteiger partial charge in [0.2, 0.25) is 10.0 Å². The summed E-state index contributed by atoms with van der Waals surface area (Å²) in [7, 11) is -8.44. The number of hydrogen-bond donors (Lipinski definition) is 3. The van der Waals surface area contributed by atoms with Crippen LogP contribution in [0.25, 0.3) is 0 Å². The molecule has 0 atom stereocenters. The van der Waals surface area contributed by atoms with E-state index in [1.54, 1.807) is 0 Å². The summed E-state index contributed by atoms with van der Waals surface area (Å²) in [5.41, 5.74) is 0.192. The first-order valence-corrected chi connectivity index (χ1v) is 9.69. The third-order valence-electron chi connectivity index (χ3n) is 3.36. The standard InChI is InChI=1S/C11H16BNO6S2/c14-12(15)9-1-3-11(4-2-9)21(18,19)13-10-5-7-20(16,17)8-6-10/h1-4,10,13-15H,5-8H2. The second kappa shape index (κ2) is 6.05. The molecule has 0 aliphatic carbocycles. The molecule has 2 rings (SSSR count). The van der Waals surface area contributed by atoms with Gasteiger partial charge in [-0.05, 0) is 30.4 Å². The summed E-state index contributed by atoms with van der Waals surface area (Å²) in [6.07, 6.45) is 0.518. The monoisotopic (exact) mass is 333 g/mol. The van der Waals surface area contributed by atoms with E-state index >= 15 is 0 Å². The van der Waals surface area contributed by atoms with Crippen molar-refractivity contribution in [1.29, 1.82) is 0 Å². The quantitative estimate of drug-likeness (QED) is 0.561. The summed E-state index contributed by atoms with van der Waals surface area (Å²) in [6, 6.07) is 4.77. The van der Waals surface area contributed by atoms with Crippen LogP contribution in [0.15, 0.2) is 29.2 Å². The second-order valence-electron chi connectivity index (χ2n) is 4.99. The molecule has 7 nitrogen and oxygen atoms in total. The van der Waals surface area contributed by atoms with Crippen LogP contribution in [0.5, 0.6) is 0 Å². The Labute approximate surface area is 124 Å². The molecule has 0 saturated carbocycles. The zero-order valence-electron chi connectivity index (χ0n) is 11.1. The van der Waals surface area contributed by atoms with E-state index in [1.807, 2.05) is 0 Å². The lowest BCUT2D eigenvalue weighted by molar-refractivity contribution is 0.425. The van der Waals surface area contributed by atoms with Crippen molar-refractivity contribution >= 4 is 32.4 Å². The minimum atomic E-state index is -3.75. The summed E-state index contributed by atoms with van der Waals surface area (Å²) in [4.78, 5) is 0.000306. The highest BCUT2D eigenvalue weighted by atomic mass is 32.2. The van der Waals surface area contributed by atoms with Crippen LogP contribution in [-0.2, 0) is 19.9 Å². The van der Waals surface area contributed by atoms with Gasteiger partial charge in [-0.3, -0.25) is 0 Å². The molecule has 0 amide bonds. The summed E-state index contributed by atoms with van der Waals surface area (Å²) in [6.45, 7) is 0. The number of nitrogens with one attached hydrogen (secondary N) is 1. The maximum Gasteiger partial charge on any atom is 0.488 e. The number of rotatable bonds is 4. The van der Waals surface area contributed by atoms with E-state index in [-0.39, 0.29) is 34.7 Å². The predicted octanol–water partition coefficient (Wildman–Crippen LogP) is -1.78. The van der Waals surface area contributed by atoms with Crippen LogP contribution in [0.4, 0.5) is 0 Å². The van der Waals surface area contributed by atoms with Gasteiger partial charge >= 0.3 is 7.12 Å². The maximum absolute atomic E-state index is 12.2. The molecule has 116 valence electrons. The number of hydrogen-bond acceptors (Lipinski definition) is 6. The molecule has 0 bridgehead atoms. The lowest BCUT2D eigenvalue weighted by atomic mass is 9.81. The summed E-state index contributed by atoms with van der Waals surface area (Å²) >= 11 is 0. The smallest absolute Gasteiger partial charge is 0.423 e. The largest absolute Gasteiger partial charge is 0.488 e. The highest BCUT2D eigenvalue weighted by Gasteiger charge is 2.27. The summed E-state index contributed by atoms with van der Waals surface area (Å²) in [5, 5.41) is 17.9. The van der Waals surface area contributed by atoms with Crippen LogP contribution in [0.2, 0.25) is 0 Å². The Morgan fingerprint density at radius 1 is 1.10 bits per heavy atom. The number of benzene rings is 1. The number of sulfone groups is 1. The van der Waals surface area contributed by atoms with Crippen molar-refractivity contribution in [3.8, 4) is 0 Å². The zero-order valence-corrected chi connectivity index (χ0v) is 12.8. The first-order chi connectivity index (χ1) is 9.70. The fourth-order valence-corrected chi connectivity index (χ4v) is 4.91. The van der Waals surface area contributed by atoms with E-state index in [4.69, 9.17) is 10.0 Å². The van der Waals surface area contributed by atoms with E-state index in [0.29, 0.717) is 0 Å². The molecular weight excluding hydrogens is 317 g/mol. The van der Waals surface area contributed by atoms with Crippen molar-refractivity contribution in [1.82, 2.24) is 4.72 Å². The Balaban J connectivity index is 2.08. The summed E-state index contributed by atoms with van der Waals surface area (Å²) in [5.74, 6) is -0.0361. The molecule has 1 aliphatic rings. The van der Waals surface area contributed by atoms with E-state index in [9.17, 15) is 16.8 Å². The molecular formula is C11H16BNO6S2. The van der Waals surface area contributed by atoms with Crippen LogP contribution in [0.1, 0.15) is 12.8 Å². The highest BCUT2D eigenvalue weighted by Crippen LogP contribution is 2.15. The Hall–Kier alpha value is -0.935. The summed E-state index contributed by atoms with van der Waals surface area (Å²) < 4.78 is 49.4. The fourth-order valence-electron chi connectivity index (χ4n) is 2.11. The van der Waals surface area contributed by atoms with Gasteiger partial charge in [0.1, 0.15) is 9.84 Å². The molecule has 0 aromatic heterocycles. The van der Waals surface area contributed by atoms with Crippen molar-refractivity contribution in [2.45, 2.75) is 23.8 Å². The first kappa shape index (κ1) is 16.4. The SMILES string of the molecule is O=S1(=O)CCC(NS(=O)(=O)c2ccc(B(O)O)cc2)CC1. The molecule has 1 saturated heterocycles. The van der Waals surface area contributed by atoms with Gasteiger partial charge in [-0.2, -0.15) is 0 Å². The molecule has 0 radical (unpaired) electrons. The average molecular weight is 333 g/mol. The van der Waals surface area contributed by atoms with E-state index < -0.39 is 33.0 Å². The minimum absolute atomic E-state index is 0.000306. The van der Waals surface area contributed by atoms with Crippen LogP contribution in [0.3, 0.4) is 0 Å². The van der Waals surface area contributed by atoms with Gasteiger partial charge in [0.25, 0.3) is 0 Å². The van der Waals surface area contributed by atoms with E-state index in [0.717, 1.165) is 0 Å². The van der Waals surface area contributed by atoms with Gasteiger partial charge in [0, 0.05) is 6.04 Å². The van der Waals surface area contributed by atoms with Gasteiger partial charge < -0.3 is 10.0 Å². The van der Waals surface area contributed by atoms with E-state index in [2.05, 4.69) is 4.72 Å². The molecule has 1 aromatic carbocycles. The molecule has 1 heterocycles. The van der Waals surface area contributed by atoms with Gasteiger partial charge in [-0.1, -0.05) is 12.1 Å². The van der Waals surface area contributed by atoms with Crippen LogP contribution >= 0.6 is 0 Å². The van der Waals surface area contributed by atoms with Crippen molar-refractivity contribution in [3.05, 3.63) is 24.3 Å². The van der Waals surface area contributed by atoms with Crippen LogP contribution < -0.4 is 10.2 Å². The van der Waals surface area contributed by atoms with Crippen LogP contribution in [0, 0.1) is 0 Å². The van der Waals surface area contributed by atoms with Crippen molar-refractivity contribution in [3.63, 3.8) is 0 Å². The molecule has 3 N–H and O–H groups in total. The molecule has 1 fully saturated rings. The second-order valence-corrected chi connectivity index (χ2v) is 9.01. The molecule has 0 unspecified atom stereocenters. The number of sulfonamides is 1. The van der Waals surface area contributed by atoms with Gasteiger partial charge in [-0.25, -0.2) is 21.6 Å². The molecule has 21 heavy (non-hydrogen) atoms. The minimum Gasteiger partial charge on any atom is -0.423 e. The van der Waals surface area contributed by atoms with Gasteiger partial charge in [-0.15, -0.1) is 0 Å². The fraction of sp³-hybridized carbons (Fsp3) is 0.455. The van der Waals surface area contributed by atoms with Gasteiger partial charge in [0.15, 0.2) is 0 Å². The normalized spacial score (nSPS) is 19.3. The van der Waals surface area contributed by atoms with E-state index in [1.165, 1.54) is 24.3 Å². The van der Waals surface area contributed by atoms with Crippen molar-refractivity contribution < 1.29 is 26.9 Å². The maximum atomic E-state index is 12.2. The Morgan fingerprint density at radius 2 is 1.62 bits per heavy atom. The highest BCUT2D eigenvalue weighted by molar-refractivity contribution is 7.91. The lowest BCUT2D eigenvalue weighted by Gasteiger charge is -2.22. The molecule has 1 aliphatic heterocycles. The Bertz CT molecular complexity index is 685. The zero-order chi connectivity index (χ0) is 15.7. The molecule has 0 spiro atoms. The first-order valence-electron chi connectivity index (χ1n) is 6.38. The molecule has 10 heteroatoms. The predicted molar refractivity (Wildman–Crippen MR) is 78.3 cm³/mol. The van der Waals surface area contributed by atoms with Crippen LogP contribution in [-0.4, -0.2) is 51.5 Å². The van der Waals surface area contributed by atoms with Crippen molar-refractivity contribution in [2.24, 2.45) is 0 Å². The third kappa shape index (κ3) is 4.27. The van der Waals surface area contributed by atoms with Crippen molar-refractivity contribution in [2.75, 3.05) is 11.5 Å².